The van der Waals surface area contributed by atoms with Crippen molar-refractivity contribution in [2.24, 2.45) is 0 Å². The second kappa shape index (κ2) is 5.87. The van der Waals surface area contributed by atoms with Crippen LogP contribution in [0.1, 0.15) is 19.3 Å². The van der Waals surface area contributed by atoms with Gasteiger partial charge in [-0.25, -0.2) is 0 Å². The maximum Gasteiger partial charge on any atom is 0.401 e. The Balaban J connectivity index is 2.05. The normalized spacial score (nSPS) is 31.1. The first-order valence-electron chi connectivity index (χ1n) is 6.54. The van der Waals surface area contributed by atoms with E-state index in [0.29, 0.717) is 39.1 Å². The molecule has 0 aliphatic carbocycles. The smallest absolute Gasteiger partial charge is 0.401 e. The first-order valence-corrected chi connectivity index (χ1v) is 6.54. The summed E-state index contributed by atoms with van der Waals surface area (Å²) in [5.74, 6) is -1.25. The molecule has 0 aromatic heterocycles. The third kappa shape index (κ3) is 4.07. The first-order chi connectivity index (χ1) is 9.30. The summed E-state index contributed by atoms with van der Waals surface area (Å²) in [6.45, 7) is -0.578. The molecule has 2 unspecified atom stereocenters. The molecule has 8 heteroatoms. The van der Waals surface area contributed by atoms with Crippen LogP contribution in [0.3, 0.4) is 0 Å². The van der Waals surface area contributed by atoms with Crippen molar-refractivity contribution in [3.63, 3.8) is 0 Å². The Hall–Kier alpha value is -0.860. The van der Waals surface area contributed by atoms with Crippen LogP contribution >= 0.6 is 0 Å². The van der Waals surface area contributed by atoms with E-state index in [9.17, 15) is 18.0 Å². The van der Waals surface area contributed by atoms with E-state index in [1.54, 1.807) is 0 Å². The van der Waals surface area contributed by atoms with Gasteiger partial charge in [0.1, 0.15) is 0 Å². The number of hydrogen-bond acceptors (Lipinski definition) is 4. The van der Waals surface area contributed by atoms with Crippen molar-refractivity contribution in [3.8, 4) is 0 Å². The van der Waals surface area contributed by atoms with Crippen LogP contribution in [0.5, 0.6) is 0 Å². The van der Waals surface area contributed by atoms with Crippen molar-refractivity contribution >= 4 is 5.97 Å². The van der Waals surface area contributed by atoms with Crippen molar-refractivity contribution in [2.75, 3.05) is 32.9 Å². The predicted octanol–water partition coefficient (Wildman–Crippen LogP) is 1.27. The number of carbonyl (C=O) groups is 1. The second-order valence-corrected chi connectivity index (χ2v) is 5.39. The molecule has 0 radical (unpaired) electrons. The maximum atomic E-state index is 12.6. The van der Waals surface area contributed by atoms with Crippen LogP contribution < -0.4 is 0 Å². The van der Waals surface area contributed by atoms with Crippen molar-refractivity contribution in [2.45, 2.75) is 37.1 Å². The molecule has 2 fully saturated rings. The average Bonchev–Trinajstić information content (AvgIpc) is 2.74. The van der Waals surface area contributed by atoms with Gasteiger partial charge < -0.3 is 14.6 Å². The van der Waals surface area contributed by atoms with Gasteiger partial charge in [0.05, 0.1) is 25.3 Å². The van der Waals surface area contributed by atoms with Crippen LogP contribution in [0.25, 0.3) is 0 Å². The number of nitrogens with zero attached hydrogens (tertiary/aromatic N) is 1. The van der Waals surface area contributed by atoms with Crippen LogP contribution in [-0.2, 0) is 14.3 Å². The third-order valence-electron chi connectivity index (χ3n) is 3.77. The van der Waals surface area contributed by atoms with Crippen molar-refractivity contribution < 1.29 is 32.5 Å². The average molecular weight is 297 g/mol. The molecule has 1 spiro atoms. The Labute approximate surface area is 114 Å². The van der Waals surface area contributed by atoms with E-state index in [4.69, 9.17) is 14.6 Å². The third-order valence-corrected chi connectivity index (χ3v) is 3.77. The van der Waals surface area contributed by atoms with Crippen LogP contribution in [0.4, 0.5) is 13.2 Å². The Kier molecular flexibility index (Phi) is 4.55. The Morgan fingerprint density at radius 3 is 2.70 bits per heavy atom. The molecular formula is C12H18F3NO4. The van der Waals surface area contributed by atoms with Crippen LogP contribution in [0, 0.1) is 0 Å². The van der Waals surface area contributed by atoms with Crippen LogP contribution in [0.15, 0.2) is 0 Å². The highest BCUT2D eigenvalue weighted by Gasteiger charge is 2.44. The van der Waals surface area contributed by atoms with Gasteiger partial charge in [0.25, 0.3) is 0 Å². The number of halogens is 3. The van der Waals surface area contributed by atoms with Gasteiger partial charge in [0.2, 0.25) is 0 Å². The van der Waals surface area contributed by atoms with Crippen LogP contribution in [-0.4, -0.2) is 66.7 Å². The molecule has 0 saturated carbocycles. The zero-order chi connectivity index (χ0) is 14.8. The fourth-order valence-corrected chi connectivity index (χ4v) is 2.90. The number of carboxylic acid groups (broad SMARTS) is 1. The van der Waals surface area contributed by atoms with E-state index in [1.807, 2.05) is 0 Å². The van der Waals surface area contributed by atoms with Gasteiger partial charge in [-0.3, -0.25) is 9.69 Å². The highest BCUT2D eigenvalue weighted by molar-refractivity contribution is 5.69. The number of aliphatic carboxylic acids is 1. The highest BCUT2D eigenvalue weighted by Crippen LogP contribution is 2.35. The van der Waals surface area contributed by atoms with Gasteiger partial charge in [-0.15, -0.1) is 0 Å². The topological polar surface area (TPSA) is 59.0 Å². The molecule has 0 aromatic carbocycles. The molecule has 5 nitrogen and oxygen atoms in total. The molecule has 2 saturated heterocycles. The van der Waals surface area contributed by atoms with Gasteiger partial charge >= 0.3 is 12.1 Å². The van der Waals surface area contributed by atoms with Gasteiger partial charge in [-0.05, 0) is 12.8 Å². The highest BCUT2D eigenvalue weighted by atomic mass is 19.4. The van der Waals surface area contributed by atoms with Gasteiger partial charge in [-0.2, -0.15) is 13.2 Å². The number of ether oxygens (including phenoxy) is 2. The van der Waals surface area contributed by atoms with Crippen molar-refractivity contribution in [1.29, 1.82) is 0 Å². The van der Waals surface area contributed by atoms with E-state index < -0.39 is 36.9 Å². The fourth-order valence-electron chi connectivity index (χ4n) is 2.90. The largest absolute Gasteiger partial charge is 0.480 e. The molecular weight excluding hydrogens is 279 g/mol. The summed E-state index contributed by atoms with van der Waals surface area (Å²) in [5, 5.41) is 8.80. The monoisotopic (exact) mass is 297 g/mol. The van der Waals surface area contributed by atoms with Crippen LogP contribution in [0.2, 0.25) is 0 Å². The molecule has 2 aliphatic heterocycles. The lowest BCUT2D eigenvalue weighted by Gasteiger charge is -2.41. The minimum absolute atomic E-state index is 0.335. The Morgan fingerprint density at radius 1 is 1.40 bits per heavy atom. The van der Waals surface area contributed by atoms with Gasteiger partial charge in [0, 0.05) is 25.7 Å². The molecule has 2 rings (SSSR count). The quantitative estimate of drug-likeness (QED) is 0.847. The predicted molar refractivity (Wildman–Crippen MR) is 62.4 cm³/mol. The van der Waals surface area contributed by atoms with E-state index in [-0.39, 0.29) is 0 Å². The Bertz CT molecular complexity index is 355. The second-order valence-electron chi connectivity index (χ2n) is 5.39. The summed E-state index contributed by atoms with van der Waals surface area (Å²) in [7, 11) is 0. The van der Waals surface area contributed by atoms with E-state index >= 15 is 0 Å². The summed E-state index contributed by atoms with van der Waals surface area (Å²) in [4.78, 5) is 11.8. The van der Waals surface area contributed by atoms with Gasteiger partial charge in [0.15, 0.2) is 0 Å². The van der Waals surface area contributed by atoms with E-state index in [0.717, 1.165) is 4.90 Å². The number of hydrogen-bond donors (Lipinski definition) is 1. The molecule has 116 valence electrons. The van der Waals surface area contributed by atoms with Gasteiger partial charge in [-0.1, -0.05) is 0 Å². The molecule has 2 aliphatic rings. The van der Waals surface area contributed by atoms with Crippen molar-refractivity contribution in [3.05, 3.63) is 0 Å². The summed E-state index contributed by atoms with van der Waals surface area (Å²) < 4.78 is 48.7. The number of alkyl halides is 3. The lowest BCUT2D eigenvalue weighted by atomic mass is 9.89. The summed E-state index contributed by atoms with van der Waals surface area (Å²) in [6.07, 6.45) is -2.97. The molecule has 2 heterocycles. The lowest BCUT2D eigenvalue weighted by molar-refractivity contribution is -0.170. The summed E-state index contributed by atoms with van der Waals surface area (Å²) in [5.41, 5.74) is -0.536. The zero-order valence-electron chi connectivity index (χ0n) is 11.0. The molecule has 1 N–H and O–H groups in total. The summed E-state index contributed by atoms with van der Waals surface area (Å²) >= 11 is 0. The lowest BCUT2D eigenvalue weighted by Crippen LogP contribution is -2.52. The molecule has 20 heavy (non-hydrogen) atoms. The number of carboxylic acids is 1. The number of rotatable bonds is 4. The summed E-state index contributed by atoms with van der Waals surface area (Å²) in [6, 6.07) is -0.442. The van der Waals surface area contributed by atoms with Crippen molar-refractivity contribution in [1.82, 2.24) is 4.90 Å². The fraction of sp³-hybridized carbons (Fsp3) is 0.917. The molecule has 2 atom stereocenters. The first kappa shape index (κ1) is 15.5. The molecule has 0 amide bonds. The van der Waals surface area contributed by atoms with E-state index in [1.165, 1.54) is 0 Å². The maximum absolute atomic E-state index is 12.6. The molecule has 0 aromatic rings. The minimum Gasteiger partial charge on any atom is -0.480 e. The standard InChI is InChI=1S/C12H18F3NO4/c13-12(14,15)7-16(6-10(17)18)9-1-3-20-11(5-9)2-4-19-8-11/h9H,1-8H2,(H,17,18). The van der Waals surface area contributed by atoms with E-state index in [2.05, 4.69) is 0 Å². The zero-order valence-corrected chi connectivity index (χ0v) is 11.0. The Morgan fingerprint density at radius 2 is 2.15 bits per heavy atom. The minimum atomic E-state index is -4.41. The molecule has 0 bridgehead atoms. The SMILES string of the molecule is O=C(O)CN(CC(F)(F)F)C1CCOC2(CCOC2)C1.